The zero-order chi connectivity index (χ0) is 15.2. The van der Waals surface area contributed by atoms with Gasteiger partial charge in [-0.3, -0.25) is 9.59 Å². The Morgan fingerprint density at radius 2 is 1.95 bits per heavy atom. The second kappa shape index (κ2) is 4.86. The van der Waals surface area contributed by atoms with Gasteiger partial charge < -0.3 is 10.2 Å². The normalized spacial score (nSPS) is 26.5. The fourth-order valence-electron chi connectivity index (χ4n) is 3.20. The molecule has 0 spiro atoms. The largest absolute Gasteiger partial charge is 0.342 e. The van der Waals surface area contributed by atoms with E-state index < -0.39 is 5.54 Å². The standard InChI is InChI=1S/C17H22N2O2/c1-11-5-4-6-14(12(11)2)19-10-9-15(20)18-17(3,16(19)21)13-7-8-13/h4-6,13H,7-10H2,1-3H3,(H,18,20). The third kappa shape index (κ3) is 2.33. The summed E-state index contributed by atoms with van der Waals surface area (Å²) in [5.74, 6) is 0.287. The van der Waals surface area contributed by atoms with Crippen molar-refractivity contribution < 1.29 is 9.59 Å². The summed E-state index contributed by atoms with van der Waals surface area (Å²) in [6.45, 7) is 6.42. The third-order valence-corrected chi connectivity index (χ3v) is 4.91. The van der Waals surface area contributed by atoms with Gasteiger partial charge >= 0.3 is 0 Å². The molecule has 3 rings (SSSR count). The predicted molar refractivity (Wildman–Crippen MR) is 82.2 cm³/mol. The first kappa shape index (κ1) is 14.1. The molecular formula is C17H22N2O2. The highest BCUT2D eigenvalue weighted by molar-refractivity contribution is 6.05. The Morgan fingerprint density at radius 3 is 2.62 bits per heavy atom. The highest BCUT2D eigenvalue weighted by atomic mass is 16.2. The maximum absolute atomic E-state index is 13.1. The van der Waals surface area contributed by atoms with Crippen molar-refractivity contribution in [2.45, 2.75) is 45.6 Å². The van der Waals surface area contributed by atoms with E-state index in [1.165, 1.54) is 0 Å². The fraction of sp³-hybridized carbons (Fsp3) is 0.529. The van der Waals surface area contributed by atoms with E-state index in [0.29, 0.717) is 13.0 Å². The maximum atomic E-state index is 13.1. The van der Waals surface area contributed by atoms with Gasteiger partial charge in [-0.15, -0.1) is 0 Å². The van der Waals surface area contributed by atoms with Gasteiger partial charge in [-0.2, -0.15) is 0 Å². The Labute approximate surface area is 125 Å². The van der Waals surface area contributed by atoms with Crippen molar-refractivity contribution in [2.75, 3.05) is 11.4 Å². The van der Waals surface area contributed by atoms with Crippen LogP contribution in [0, 0.1) is 19.8 Å². The lowest BCUT2D eigenvalue weighted by atomic mass is 9.93. The minimum Gasteiger partial charge on any atom is -0.342 e. The molecule has 4 heteroatoms. The maximum Gasteiger partial charge on any atom is 0.252 e. The average molecular weight is 286 g/mol. The molecule has 1 aromatic carbocycles. The molecule has 1 saturated carbocycles. The molecule has 1 heterocycles. The van der Waals surface area contributed by atoms with Crippen LogP contribution in [0.15, 0.2) is 18.2 Å². The van der Waals surface area contributed by atoms with Gasteiger partial charge in [0.05, 0.1) is 0 Å². The number of carbonyl (C=O) groups excluding carboxylic acids is 2. The third-order valence-electron chi connectivity index (χ3n) is 4.91. The molecule has 1 unspecified atom stereocenters. The Kier molecular flexibility index (Phi) is 3.27. The predicted octanol–water partition coefficient (Wildman–Crippen LogP) is 2.33. The van der Waals surface area contributed by atoms with Crippen LogP contribution < -0.4 is 10.2 Å². The molecular weight excluding hydrogens is 264 g/mol. The second-order valence-corrected chi connectivity index (χ2v) is 6.45. The number of hydrogen-bond donors (Lipinski definition) is 1. The number of amides is 2. The van der Waals surface area contributed by atoms with Crippen LogP contribution in [0.4, 0.5) is 5.69 Å². The molecule has 0 bridgehead atoms. The van der Waals surface area contributed by atoms with Crippen molar-refractivity contribution in [1.82, 2.24) is 5.32 Å². The van der Waals surface area contributed by atoms with Crippen molar-refractivity contribution in [3.8, 4) is 0 Å². The summed E-state index contributed by atoms with van der Waals surface area (Å²) in [4.78, 5) is 26.9. The number of nitrogens with one attached hydrogen (secondary N) is 1. The van der Waals surface area contributed by atoms with Gasteiger partial charge in [-0.05, 0) is 56.7 Å². The molecule has 21 heavy (non-hydrogen) atoms. The first-order valence-electron chi connectivity index (χ1n) is 7.62. The molecule has 1 aliphatic heterocycles. The van der Waals surface area contributed by atoms with E-state index in [4.69, 9.17) is 0 Å². The van der Waals surface area contributed by atoms with Crippen LogP contribution in [0.25, 0.3) is 0 Å². The van der Waals surface area contributed by atoms with Crippen molar-refractivity contribution in [3.63, 3.8) is 0 Å². The second-order valence-electron chi connectivity index (χ2n) is 6.45. The summed E-state index contributed by atoms with van der Waals surface area (Å²) in [5.41, 5.74) is 2.46. The summed E-state index contributed by atoms with van der Waals surface area (Å²) in [7, 11) is 0. The smallest absolute Gasteiger partial charge is 0.252 e. The van der Waals surface area contributed by atoms with Crippen LogP contribution in [0.2, 0.25) is 0 Å². The van der Waals surface area contributed by atoms with Crippen LogP contribution in [0.1, 0.15) is 37.3 Å². The minimum absolute atomic E-state index is 0.0226. The van der Waals surface area contributed by atoms with E-state index in [0.717, 1.165) is 29.7 Å². The Morgan fingerprint density at radius 1 is 1.24 bits per heavy atom. The van der Waals surface area contributed by atoms with E-state index in [2.05, 4.69) is 5.32 Å². The fourth-order valence-corrected chi connectivity index (χ4v) is 3.20. The first-order valence-corrected chi connectivity index (χ1v) is 7.62. The molecule has 1 aromatic rings. The zero-order valence-corrected chi connectivity index (χ0v) is 12.9. The molecule has 0 radical (unpaired) electrons. The van der Waals surface area contributed by atoms with Gasteiger partial charge in [-0.25, -0.2) is 0 Å². The van der Waals surface area contributed by atoms with Crippen molar-refractivity contribution >= 4 is 17.5 Å². The van der Waals surface area contributed by atoms with Crippen LogP contribution >= 0.6 is 0 Å². The van der Waals surface area contributed by atoms with Gasteiger partial charge in [0.2, 0.25) is 5.91 Å². The van der Waals surface area contributed by atoms with Crippen molar-refractivity contribution in [3.05, 3.63) is 29.3 Å². The highest BCUT2D eigenvalue weighted by Crippen LogP contribution is 2.42. The molecule has 1 aliphatic carbocycles. The van der Waals surface area contributed by atoms with E-state index in [9.17, 15) is 9.59 Å². The summed E-state index contributed by atoms with van der Waals surface area (Å²) in [6.07, 6.45) is 2.40. The Balaban J connectivity index is 2.03. The van der Waals surface area contributed by atoms with Crippen molar-refractivity contribution in [1.29, 1.82) is 0 Å². The van der Waals surface area contributed by atoms with E-state index in [1.807, 2.05) is 39.0 Å². The summed E-state index contributed by atoms with van der Waals surface area (Å²) >= 11 is 0. The van der Waals surface area contributed by atoms with Crippen LogP contribution in [0.5, 0.6) is 0 Å². The first-order chi connectivity index (χ1) is 9.93. The van der Waals surface area contributed by atoms with E-state index in [1.54, 1.807) is 4.90 Å². The quantitative estimate of drug-likeness (QED) is 0.907. The van der Waals surface area contributed by atoms with Crippen LogP contribution in [0.3, 0.4) is 0 Å². The molecule has 1 N–H and O–H groups in total. The molecule has 1 atom stereocenters. The van der Waals surface area contributed by atoms with E-state index >= 15 is 0 Å². The number of carbonyl (C=O) groups is 2. The van der Waals surface area contributed by atoms with Gasteiger partial charge in [0, 0.05) is 18.7 Å². The topological polar surface area (TPSA) is 49.4 Å². The molecule has 112 valence electrons. The van der Waals surface area contributed by atoms with Crippen LogP contribution in [-0.2, 0) is 9.59 Å². The molecule has 2 aliphatic rings. The van der Waals surface area contributed by atoms with Crippen molar-refractivity contribution in [2.24, 2.45) is 5.92 Å². The molecule has 4 nitrogen and oxygen atoms in total. The Bertz CT molecular complexity index is 607. The molecule has 2 amide bonds. The summed E-state index contributed by atoms with van der Waals surface area (Å²) < 4.78 is 0. The van der Waals surface area contributed by atoms with Gasteiger partial charge in [-0.1, -0.05) is 12.1 Å². The number of hydrogen-bond acceptors (Lipinski definition) is 2. The number of nitrogens with zero attached hydrogens (tertiary/aromatic N) is 1. The minimum atomic E-state index is -0.746. The number of anilines is 1. The van der Waals surface area contributed by atoms with Crippen LogP contribution in [-0.4, -0.2) is 23.9 Å². The number of rotatable bonds is 2. The average Bonchev–Trinajstić information content (AvgIpc) is 3.27. The molecule has 2 fully saturated rings. The van der Waals surface area contributed by atoms with Gasteiger partial charge in [0.15, 0.2) is 0 Å². The lowest BCUT2D eigenvalue weighted by molar-refractivity contribution is -0.130. The molecule has 0 aromatic heterocycles. The Hall–Kier alpha value is -1.84. The monoisotopic (exact) mass is 286 g/mol. The zero-order valence-electron chi connectivity index (χ0n) is 12.9. The summed E-state index contributed by atoms with van der Waals surface area (Å²) in [6, 6.07) is 5.99. The van der Waals surface area contributed by atoms with E-state index in [-0.39, 0.29) is 17.7 Å². The number of benzene rings is 1. The van der Waals surface area contributed by atoms with Gasteiger partial charge in [0.25, 0.3) is 5.91 Å². The highest BCUT2D eigenvalue weighted by Gasteiger charge is 2.51. The lowest BCUT2D eigenvalue weighted by Crippen LogP contribution is -2.57. The summed E-state index contributed by atoms with van der Waals surface area (Å²) in [5, 5.41) is 2.97. The number of aryl methyl sites for hydroxylation is 1. The lowest BCUT2D eigenvalue weighted by Gasteiger charge is -2.33. The SMILES string of the molecule is Cc1cccc(N2CCC(=O)NC(C)(C3CC3)C2=O)c1C. The van der Waals surface area contributed by atoms with Gasteiger partial charge in [0.1, 0.15) is 5.54 Å². The molecule has 1 saturated heterocycles.